The molecule has 0 aliphatic heterocycles. The Morgan fingerprint density at radius 3 is 2.74 bits per heavy atom. The van der Waals surface area contributed by atoms with Crippen molar-refractivity contribution in [1.29, 1.82) is 0 Å². The molecule has 0 atom stereocenters. The van der Waals surface area contributed by atoms with E-state index in [0.29, 0.717) is 17.9 Å². The van der Waals surface area contributed by atoms with E-state index in [-0.39, 0.29) is 10.0 Å². The molecule has 0 saturated heterocycles. The first-order chi connectivity index (χ1) is 8.92. The lowest BCUT2D eigenvalue weighted by Gasteiger charge is -2.07. The van der Waals surface area contributed by atoms with Gasteiger partial charge in [0, 0.05) is 18.4 Å². The quantitative estimate of drug-likeness (QED) is 0.877. The van der Waals surface area contributed by atoms with Gasteiger partial charge in [0.1, 0.15) is 10.0 Å². The van der Waals surface area contributed by atoms with Crippen LogP contribution in [-0.2, 0) is 16.6 Å². The van der Waals surface area contributed by atoms with E-state index in [9.17, 15) is 8.42 Å². The van der Waals surface area contributed by atoms with E-state index >= 15 is 0 Å². The van der Waals surface area contributed by atoms with Gasteiger partial charge in [-0.1, -0.05) is 11.6 Å². The highest BCUT2D eigenvalue weighted by atomic mass is 35.5. The van der Waals surface area contributed by atoms with Crippen LogP contribution in [0.1, 0.15) is 12.6 Å². The Labute approximate surface area is 116 Å². The maximum absolute atomic E-state index is 12.2. The van der Waals surface area contributed by atoms with Gasteiger partial charge < -0.3 is 0 Å². The van der Waals surface area contributed by atoms with Gasteiger partial charge in [0.25, 0.3) is 10.0 Å². The molecule has 0 saturated carbocycles. The zero-order valence-corrected chi connectivity index (χ0v) is 12.0. The largest absolute Gasteiger partial charge is 0.276 e. The van der Waals surface area contributed by atoms with Crippen LogP contribution >= 0.6 is 11.6 Å². The molecule has 0 spiro atoms. The minimum atomic E-state index is -3.75. The molecule has 0 aromatic carbocycles. The molecule has 2 aromatic rings. The molecule has 19 heavy (non-hydrogen) atoms. The minimum absolute atomic E-state index is 0.0459. The molecule has 6 nitrogen and oxygen atoms in total. The van der Waals surface area contributed by atoms with E-state index in [2.05, 4.69) is 14.8 Å². The third kappa shape index (κ3) is 3.05. The number of halogens is 1. The maximum Gasteiger partial charge on any atom is 0.265 e. The summed E-state index contributed by atoms with van der Waals surface area (Å²) < 4.78 is 28.3. The molecule has 1 N–H and O–H groups in total. The Balaban J connectivity index is 2.32. The van der Waals surface area contributed by atoms with Gasteiger partial charge in [-0.3, -0.25) is 9.40 Å². The van der Waals surface area contributed by atoms with Gasteiger partial charge in [0.2, 0.25) is 0 Å². The summed E-state index contributed by atoms with van der Waals surface area (Å²) in [7, 11) is -3.75. The highest BCUT2D eigenvalue weighted by Gasteiger charge is 2.19. The van der Waals surface area contributed by atoms with Crippen LogP contribution in [0.5, 0.6) is 0 Å². The number of aryl methyl sites for hydroxylation is 2. The number of nitrogens with one attached hydrogen (secondary N) is 1. The molecule has 8 heteroatoms. The maximum atomic E-state index is 12.2. The standard InChI is InChI=1S/C11H13ClN4O2S/c1-3-16-7-9(6-13-16)15-19(17,18)10-5-4-8(2)14-11(10)12/h4-7,15H,3H2,1-2H3. The van der Waals surface area contributed by atoms with E-state index in [1.165, 1.54) is 12.3 Å². The van der Waals surface area contributed by atoms with Crippen LogP contribution in [0.15, 0.2) is 29.4 Å². The van der Waals surface area contributed by atoms with Crippen molar-refractivity contribution < 1.29 is 8.42 Å². The van der Waals surface area contributed by atoms with Gasteiger partial charge in [0.05, 0.1) is 11.9 Å². The van der Waals surface area contributed by atoms with Crippen LogP contribution in [0.4, 0.5) is 5.69 Å². The number of pyridine rings is 1. The van der Waals surface area contributed by atoms with Gasteiger partial charge in [-0.15, -0.1) is 0 Å². The van der Waals surface area contributed by atoms with Crippen molar-refractivity contribution >= 4 is 27.3 Å². The summed E-state index contributed by atoms with van der Waals surface area (Å²) in [5.41, 5.74) is 1.04. The van der Waals surface area contributed by atoms with Crippen molar-refractivity contribution in [3.05, 3.63) is 35.4 Å². The topological polar surface area (TPSA) is 76.9 Å². The summed E-state index contributed by atoms with van der Waals surface area (Å²) in [6.45, 7) is 4.31. The van der Waals surface area contributed by atoms with Crippen molar-refractivity contribution in [2.75, 3.05) is 4.72 Å². The lowest BCUT2D eigenvalue weighted by Crippen LogP contribution is -2.13. The van der Waals surface area contributed by atoms with Crippen LogP contribution in [-0.4, -0.2) is 23.2 Å². The van der Waals surface area contributed by atoms with Crippen molar-refractivity contribution in [1.82, 2.24) is 14.8 Å². The Hall–Kier alpha value is -1.60. The van der Waals surface area contributed by atoms with Crippen molar-refractivity contribution in [2.45, 2.75) is 25.3 Å². The van der Waals surface area contributed by atoms with Crippen molar-refractivity contribution in [2.24, 2.45) is 0 Å². The second-order valence-corrected chi connectivity index (χ2v) is 5.94. The van der Waals surface area contributed by atoms with Crippen LogP contribution in [0.3, 0.4) is 0 Å². The normalized spacial score (nSPS) is 11.5. The zero-order valence-electron chi connectivity index (χ0n) is 10.5. The molecular weight excluding hydrogens is 288 g/mol. The van der Waals surface area contributed by atoms with E-state index < -0.39 is 10.0 Å². The molecule has 0 fully saturated rings. The fourth-order valence-corrected chi connectivity index (χ4v) is 3.05. The summed E-state index contributed by atoms with van der Waals surface area (Å²) in [5.74, 6) is 0. The molecular formula is C11H13ClN4O2S. The SMILES string of the molecule is CCn1cc(NS(=O)(=O)c2ccc(C)nc2Cl)cn1. The lowest BCUT2D eigenvalue weighted by molar-refractivity contribution is 0.601. The molecule has 0 radical (unpaired) electrons. The molecule has 2 heterocycles. The van der Waals surface area contributed by atoms with Gasteiger partial charge in [-0.05, 0) is 26.0 Å². The summed E-state index contributed by atoms with van der Waals surface area (Å²) in [4.78, 5) is 3.88. The van der Waals surface area contributed by atoms with Crippen LogP contribution in [0.25, 0.3) is 0 Å². The predicted molar refractivity (Wildman–Crippen MR) is 72.7 cm³/mol. The second-order valence-electron chi connectivity index (χ2n) is 3.93. The van der Waals surface area contributed by atoms with Crippen LogP contribution in [0.2, 0.25) is 5.15 Å². The first-order valence-electron chi connectivity index (χ1n) is 5.61. The smallest absolute Gasteiger partial charge is 0.265 e. The fourth-order valence-electron chi connectivity index (χ4n) is 1.51. The molecule has 0 unspecified atom stereocenters. The molecule has 0 bridgehead atoms. The van der Waals surface area contributed by atoms with Crippen molar-refractivity contribution in [3.8, 4) is 0 Å². The molecule has 0 aliphatic carbocycles. The first kappa shape index (κ1) is 13.8. The molecule has 2 aromatic heterocycles. The first-order valence-corrected chi connectivity index (χ1v) is 7.47. The summed E-state index contributed by atoms with van der Waals surface area (Å²) in [6.07, 6.45) is 3.05. The van der Waals surface area contributed by atoms with E-state index in [1.54, 1.807) is 23.9 Å². The third-order valence-electron chi connectivity index (χ3n) is 2.45. The Morgan fingerprint density at radius 2 is 2.16 bits per heavy atom. The average molecular weight is 301 g/mol. The fraction of sp³-hybridized carbons (Fsp3) is 0.273. The third-order valence-corrected chi connectivity index (χ3v) is 4.27. The minimum Gasteiger partial charge on any atom is -0.276 e. The summed E-state index contributed by atoms with van der Waals surface area (Å²) >= 11 is 5.86. The molecule has 102 valence electrons. The van der Waals surface area contributed by atoms with Gasteiger partial charge >= 0.3 is 0 Å². The number of aromatic nitrogens is 3. The van der Waals surface area contributed by atoms with Crippen LogP contribution < -0.4 is 4.72 Å². The molecule has 0 aliphatic rings. The van der Waals surface area contributed by atoms with E-state index in [1.807, 2.05) is 6.92 Å². The number of nitrogens with zero attached hydrogens (tertiary/aromatic N) is 3. The monoisotopic (exact) mass is 300 g/mol. The summed E-state index contributed by atoms with van der Waals surface area (Å²) in [6, 6.07) is 3.02. The Morgan fingerprint density at radius 1 is 1.42 bits per heavy atom. The van der Waals surface area contributed by atoms with Crippen molar-refractivity contribution in [3.63, 3.8) is 0 Å². The van der Waals surface area contributed by atoms with E-state index in [0.717, 1.165) is 0 Å². The number of sulfonamides is 1. The summed E-state index contributed by atoms with van der Waals surface area (Å²) in [5, 5.41) is 3.94. The zero-order chi connectivity index (χ0) is 14.0. The second kappa shape index (κ2) is 5.18. The number of rotatable bonds is 4. The van der Waals surface area contributed by atoms with Gasteiger partial charge in [0.15, 0.2) is 0 Å². The highest BCUT2D eigenvalue weighted by molar-refractivity contribution is 7.92. The Kier molecular flexibility index (Phi) is 3.77. The lowest BCUT2D eigenvalue weighted by atomic mass is 10.4. The number of hydrogen-bond donors (Lipinski definition) is 1. The molecule has 0 amide bonds. The van der Waals surface area contributed by atoms with Gasteiger partial charge in [-0.25, -0.2) is 13.4 Å². The van der Waals surface area contributed by atoms with Gasteiger partial charge in [-0.2, -0.15) is 5.10 Å². The highest BCUT2D eigenvalue weighted by Crippen LogP contribution is 2.22. The average Bonchev–Trinajstić information content (AvgIpc) is 2.75. The van der Waals surface area contributed by atoms with E-state index in [4.69, 9.17) is 11.6 Å². The predicted octanol–water partition coefficient (Wildman–Crippen LogP) is 2.06. The molecule has 2 rings (SSSR count). The number of hydrogen-bond acceptors (Lipinski definition) is 4. The number of anilines is 1. The van der Waals surface area contributed by atoms with Crippen LogP contribution in [0, 0.1) is 6.92 Å². The Bertz CT molecular complexity index is 696.